The average Bonchev–Trinajstić information content (AvgIpc) is 2.66. The van der Waals surface area contributed by atoms with Crippen LogP contribution in [0.2, 0.25) is 0 Å². The molecule has 3 amide bonds. The van der Waals surface area contributed by atoms with E-state index in [0.717, 1.165) is 18.2 Å². The quantitative estimate of drug-likeness (QED) is 0.565. The maximum Gasteiger partial charge on any atom is 0.328 e. The third-order valence-electron chi connectivity index (χ3n) is 3.72. The minimum absolute atomic E-state index is 0.291. The highest BCUT2D eigenvalue weighted by molar-refractivity contribution is 6.04. The van der Waals surface area contributed by atoms with Gasteiger partial charge < -0.3 is 5.32 Å². The number of aromatic amines is 1. The molecular formula is C18H15F3N4O4. The van der Waals surface area contributed by atoms with E-state index in [0.29, 0.717) is 17.0 Å². The Labute approximate surface area is 161 Å². The number of nitrogens with one attached hydrogen (secondary N) is 3. The van der Waals surface area contributed by atoms with E-state index in [1.807, 2.05) is 5.32 Å². The van der Waals surface area contributed by atoms with Gasteiger partial charge in [-0.1, -0.05) is 0 Å². The van der Waals surface area contributed by atoms with Gasteiger partial charge in [0.1, 0.15) is 17.5 Å². The van der Waals surface area contributed by atoms with E-state index in [2.05, 4.69) is 10.3 Å². The topological polar surface area (TPSA) is 113 Å². The number of hydrogen-bond acceptors (Lipinski definition) is 4. The monoisotopic (exact) mass is 408 g/mol. The lowest BCUT2D eigenvalue weighted by Crippen LogP contribution is -2.37. The minimum atomic E-state index is -1.02. The number of aromatic nitrogens is 2. The highest BCUT2D eigenvalue weighted by Gasteiger charge is 2.14. The Kier molecular flexibility index (Phi) is 6.55. The Bertz CT molecular complexity index is 1200. The van der Waals surface area contributed by atoms with Gasteiger partial charge in [-0.15, -0.1) is 0 Å². The lowest BCUT2D eigenvalue weighted by Gasteiger charge is -2.03. The van der Waals surface area contributed by atoms with Crippen molar-refractivity contribution in [1.29, 1.82) is 0 Å². The second-order valence-corrected chi connectivity index (χ2v) is 5.64. The molecule has 3 aromatic rings. The summed E-state index contributed by atoms with van der Waals surface area (Å²) in [6, 6.07) is 5.39. The van der Waals surface area contributed by atoms with Crippen LogP contribution in [0.1, 0.15) is 10.4 Å². The number of benzene rings is 2. The summed E-state index contributed by atoms with van der Waals surface area (Å²) < 4.78 is 39.6. The summed E-state index contributed by atoms with van der Waals surface area (Å²) in [4.78, 5) is 46.5. The SMILES string of the molecule is CNC(=O)NC(=O)c1ccc(F)cc1F.Cn1c(=O)[nH]c(=O)c2ccc(F)cc21. The fourth-order valence-corrected chi connectivity index (χ4v) is 2.24. The number of urea groups is 1. The molecule has 0 aliphatic heterocycles. The van der Waals surface area contributed by atoms with Crippen LogP contribution in [-0.2, 0) is 7.05 Å². The van der Waals surface area contributed by atoms with E-state index in [9.17, 15) is 32.3 Å². The van der Waals surface area contributed by atoms with Crippen molar-refractivity contribution >= 4 is 22.8 Å². The van der Waals surface area contributed by atoms with Gasteiger partial charge in [0.05, 0.1) is 16.5 Å². The molecule has 3 N–H and O–H groups in total. The Hall–Kier alpha value is -3.89. The van der Waals surface area contributed by atoms with E-state index in [-0.39, 0.29) is 5.56 Å². The summed E-state index contributed by atoms with van der Waals surface area (Å²) in [5.41, 5.74) is -1.14. The molecule has 0 radical (unpaired) electrons. The van der Waals surface area contributed by atoms with Gasteiger partial charge >= 0.3 is 11.7 Å². The number of H-pyrrole nitrogens is 1. The second kappa shape index (κ2) is 8.87. The summed E-state index contributed by atoms with van der Waals surface area (Å²) in [6.45, 7) is 0. The van der Waals surface area contributed by atoms with Crippen LogP contribution >= 0.6 is 0 Å². The number of imide groups is 1. The van der Waals surface area contributed by atoms with Crippen LogP contribution in [-0.4, -0.2) is 28.5 Å². The van der Waals surface area contributed by atoms with Crippen molar-refractivity contribution in [2.45, 2.75) is 0 Å². The Morgan fingerprint density at radius 1 is 1.00 bits per heavy atom. The number of hydrogen-bond donors (Lipinski definition) is 3. The highest BCUT2D eigenvalue weighted by Crippen LogP contribution is 2.09. The first kappa shape index (κ1) is 21.4. The Morgan fingerprint density at radius 3 is 2.24 bits per heavy atom. The molecule has 0 saturated heterocycles. The van der Waals surface area contributed by atoms with Crippen LogP contribution in [0.15, 0.2) is 46.0 Å². The molecule has 11 heteroatoms. The normalized spacial score (nSPS) is 10.1. The first-order valence-electron chi connectivity index (χ1n) is 8.00. The van der Waals surface area contributed by atoms with Crippen molar-refractivity contribution in [2.75, 3.05) is 7.05 Å². The van der Waals surface area contributed by atoms with Crippen LogP contribution in [0.4, 0.5) is 18.0 Å². The van der Waals surface area contributed by atoms with Crippen molar-refractivity contribution in [1.82, 2.24) is 20.2 Å². The molecule has 0 bridgehead atoms. The van der Waals surface area contributed by atoms with Crippen molar-refractivity contribution in [2.24, 2.45) is 7.05 Å². The zero-order valence-corrected chi connectivity index (χ0v) is 15.2. The van der Waals surface area contributed by atoms with Gasteiger partial charge in [0.2, 0.25) is 0 Å². The summed E-state index contributed by atoms with van der Waals surface area (Å²) in [6.07, 6.45) is 0. The standard InChI is InChI=1S/C9H8F2N2O2.C9H7FN2O2/c1-12-9(15)13-8(14)6-3-2-5(10)4-7(6)11;1-12-7-4-5(10)2-3-6(7)8(13)11-9(12)14/h2-4H,1H3,(H2,12,13,14,15);2-4H,1H3,(H,11,13,14). The molecule has 1 aromatic heterocycles. The molecule has 0 saturated carbocycles. The molecule has 0 atom stereocenters. The lowest BCUT2D eigenvalue weighted by atomic mass is 10.2. The van der Waals surface area contributed by atoms with Gasteiger partial charge in [-0.2, -0.15) is 0 Å². The van der Waals surface area contributed by atoms with Gasteiger partial charge in [-0.3, -0.25) is 24.5 Å². The minimum Gasteiger partial charge on any atom is -0.341 e. The molecule has 0 spiro atoms. The molecule has 1 heterocycles. The smallest absolute Gasteiger partial charge is 0.328 e. The van der Waals surface area contributed by atoms with Gasteiger partial charge in [0.15, 0.2) is 0 Å². The van der Waals surface area contributed by atoms with E-state index >= 15 is 0 Å². The summed E-state index contributed by atoms with van der Waals surface area (Å²) in [7, 11) is 2.78. The molecule has 29 heavy (non-hydrogen) atoms. The third-order valence-corrected chi connectivity index (χ3v) is 3.72. The van der Waals surface area contributed by atoms with E-state index < -0.39 is 40.6 Å². The predicted octanol–water partition coefficient (Wildman–Crippen LogP) is 1.40. The average molecular weight is 408 g/mol. The van der Waals surface area contributed by atoms with Crippen molar-refractivity contribution < 1.29 is 22.8 Å². The van der Waals surface area contributed by atoms with Gasteiger partial charge in [0, 0.05) is 20.2 Å². The lowest BCUT2D eigenvalue weighted by molar-refractivity contribution is 0.0960. The van der Waals surface area contributed by atoms with Gasteiger partial charge in [-0.25, -0.2) is 22.8 Å². The maximum atomic E-state index is 13.0. The number of aryl methyl sites for hydroxylation is 1. The predicted molar refractivity (Wildman–Crippen MR) is 98.0 cm³/mol. The fraction of sp³-hybridized carbons (Fsp3) is 0.111. The zero-order valence-electron chi connectivity index (χ0n) is 15.2. The van der Waals surface area contributed by atoms with Gasteiger partial charge in [-0.05, 0) is 30.3 Å². The zero-order chi connectivity index (χ0) is 21.7. The summed E-state index contributed by atoms with van der Waals surface area (Å²) >= 11 is 0. The third kappa shape index (κ3) is 5.09. The molecule has 0 unspecified atom stereocenters. The highest BCUT2D eigenvalue weighted by atomic mass is 19.1. The number of amides is 3. The summed E-state index contributed by atoms with van der Waals surface area (Å²) in [5, 5.41) is 4.28. The number of fused-ring (bicyclic) bond motifs is 1. The van der Waals surface area contributed by atoms with Crippen LogP contribution in [0.5, 0.6) is 0 Å². The van der Waals surface area contributed by atoms with Crippen molar-refractivity contribution in [3.05, 3.63) is 80.3 Å². The molecule has 3 rings (SSSR count). The maximum absolute atomic E-state index is 13.0. The Morgan fingerprint density at radius 2 is 1.62 bits per heavy atom. The largest absolute Gasteiger partial charge is 0.341 e. The number of halogens is 3. The number of rotatable bonds is 1. The fourth-order valence-electron chi connectivity index (χ4n) is 2.24. The Balaban J connectivity index is 0.000000207. The number of carbonyl (C=O) groups is 2. The molecule has 0 fully saturated rings. The van der Waals surface area contributed by atoms with Crippen molar-refractivity contribution in [3.63, 3.8) is 0 Å². The van der Waals surface area contributed by atoms with Gasteiger partial charge in [0.25, 0.3) is 11.5 Å². The molecule has 2 aromatic carbocycles. The molecule has 0 aliphatic carbocycles. The van der Waals surface area contributed by atoms with E-state index in [4.69, 9.17) is 0 Å². The first-order chi connectivity index (χ1) is 13.6. The van der Waals surface area contributed by atoms with Crippen molar-refractivity contribution in [3.8, 4) is 0 Å². The van der Waals surface area contributed by atoms with E-state index in [1.165, 1.54) is 30.8 Å². The van der Waals surface area contributed by atoms with Crippen LogP contribution < -0.4 is 21.9 Å². The number of carbonyl (C=O) groups excluding carboxylic acids is 2. The molecule has 0 aliphatic rings. The van der Waals surface area contributed by atoms with Crippen LogP contribution in [0.25, 0.3) is 10.9 Å². The van der Waals surface area contributed by atoms with Crippen LogP contribution in [0.3, 0.4) is 0 Å². The second-order valence-electron chi connectivity index (χ2n) is 5.64. The first-order valence-corrected chi connectivity index (χ1v) is 8.00. The number of nitrogens with zero attached hydrogens (tertiary/aromatic N) is 1. The molecular weight excluding hydrogens is 393 g/mol. The van der Waals surface area contributed by atoms with Crippen LogP contribution in [0, 0.1) is 17.5 Å². The summed E-state index contributed by atoms with van der Waals surface area (Å²) in [5.74, 6) is -3.20. The molecule has 152 valence electrons. The molecule has 8 nitrogen and oxygen atoms in total. The van der Waals surface area contributed by atoms with E-state index in [1.54, 1.807) is 0 Å².